The number of nitrogen functional groups attached to an aromatic ring is 1. The second-order valence-electron chi connectivity index (χ2n) is 8.72. The predicted octanol–water partition coefficient (Wildman–Crippen LogP) is 0.931. The zero-order valence-electron chi connectivity index (χ0n) is 19.5. The van der Waals surface area contributed by atoms with Crippen LogP contribution in [-0.4, -0.2) is 99.0 Å². The minimum atomic E-state index is -4.52. The van der Waals surface area contributed by atoms with Crippen LogP contribution >= 0.6 is 0 Å². The first-order valence-corrected chi connectivity index (χ1v) is 11.4. The number of anilines is 3. The minimum absolute atomic E-state index is 0.0520. The molecule has 2 N–H and O–H groups in total. The van der Waals surface area contributed by atoms with E-state index in [1.165, 1.54) is 12.4 Å². The van der Waals surface area contributed by atoms with Crippen molar-refractivity contribution in [2.75, 3.05) is 61.5 Å². The van der Waals surface area contributed by atoms with E-state index >= 15 is 0 Å². The largest absolute Gasteiger partial charge is 0.406 e. The Morgan fingerprint density at radius 2 is 1.81 bits per heavy atom. The summed E-state index contributed by atoms with van der Waals surface area (Å²) in [4.78, 5) is 38.4. The van der Waals surface area contributed by atoms with Crippen molar-refractivity contribution < 1.29 is 22.7 Å². The van der Waals surface area contributed by atoms with Gasteiger partial charge in [0.05, 0.1) is 18.8 Å². The number of carbonyl (C=O) groups is 1. The Morgan fingerprint density at radius 1 is 1.08 bits per heavy atom. The second-order valence-corrected chi connectivity index (χ2v) is 8.72. The number of nitrogens with two attached hydrogens (primary N) is 1. The Balaban J connectivity index is 1.69. The van der Waals surface area contributed by atoms with Gasteiger partial charge in [-0.15, -0.1) is 0 Å². The van der Waals surface area contributed by atoms with E-state index in [1.807, 2.05) is 11.8 Å². The summed E-state index contributed by atoms with van der Waals surface area (Å²) in [5.41, 5.74) is 6.33. The second kappa shape index (κ2) is 9.37. The number of amides is 1. The number of ether oxygens (including phenoxy) is 1. The number of nitrogens with zero attached hydrogens (tertiary/aromatic N) is 9. The molecule has 0 radical (unpaired) electrons. The third kappa shape index (κ3) is 4.69. The van der Waals surface area contributed by atoms with Crippen molar-refractivity contribution in [3.63, 3.8) is 0 Å². The molecule has 0 spiro atoms. The van der Waals surface area contributed by atoms with Crippen LogP contribution < -0.4 is 15.5 Å². The van der Waals surface area contributed by atoms with Gasteiger partial charge in [0.2, 0.25) is 18.3 Å². The van der Waals surface area contributed by atoms with Crippen molar-refractivity contribution in [2.24, 2.45) is 0 Å². The molecule has 2 aliphatic rings. The number of alkyl halides is 3. The third-order valence-corrected chi connectivity index (χ3v) is 6.23. The highest BCUT2D eigenvalue weighted by Crippen LogP contribution is 2.34. The predicted molar refractivity (Wildman–Crippen MR) is 124 cm³/mol. The Kier molecular flexibility index (Phi) is 6.24. The maximum absolute atomic E-state index is 13.8. The number of carbonyl (C=O) groups excluding carboxylic acids is 1. The van der Waals surface area contributed by atoms with E-state index in [4.69, 9.17) is 10.5 Å². The van der Waals surface area contributed by atoms with Crippen LogP contribution in [0.25, 0.3) is 22.6 Å². The van der Waals surface area contributed by atoms with Crippen molar-refractivity contribution in [1.82, 2.24) is 34.4 Å². The molecule has 12 nitrogen and oxygen atoms in total. The van der Waals surface area contributed by atoms with Crippen molar-refractivity contribution in [2.45, 2.75) is 25.7 Å². The minimum Gasteiger partial charge on any atom is -0.378 e. The van der Waals surface area contributed by atoms with E-state index in [0.717, 1.165) is 11.0 Å². The number of aromatic nitrogens is 6. The SMILES string of the molecule is C[C@@H]1CN(c2nc3c(N4CCOCC4)nc(-c4cnc(N)nc4)nc3n2CC(F)(F)F)CCN1C=O. The fraction of sp³-hybridized carbons (Fsp3) is 0.524. The van der Waals surface area contributed by atoms with Crippen LogP contribution in [0.5, 0.6) is 0 Å². The molecule has 0 unspecified atom stereocenters. The average Bonchev–Trinajstić information content (AvgIpc) is 3.21. The smallest absolute Gasteiger partial charge is 0.378 e. The van der Waals surface area contributed by atoms with Crippen LogP contribution in [0.1, 0.15) is 6.92 Å². The molecule has 2 aliphatic heterocycles. The van der Waals surface area contributed by atoms with Crippen molar-refractivity contribution in [3.05, 3.63) is 12.4 Å². The molecule has 3 aromatic heterocycles. The van der Waals surface area contributed by atoms with E-state index in [0.29, 0.717) is 57.3 Å². The number of piperazine rings is 1. The van der Waals surface area contributed by atoms with Gasteiger partial charge in [-0.2, -0.15) is 13.2 Å². The molecule has 1 atom stereocenters. The molecular weight excluding hydrogens is 481 g/mol. The Hall–Kier alpha value is -3.75. The average molecular weight is 506 g/mol. The Labute approximate surface area is 203 Å². The first-order chi connectivity index (χ1) is 17.2. The number of hydrogen-bond acceptors (Lipinski definition) is 10. The van der Waals surface area contributed by atoms with Crippen LogP contribution in [0.2, 0.25) is 0 Å². The molecule has 0 aromatic carbocycles. The molecular formula is C21H25F3N10O2. The van der Waals surface area contributed by atoms with Gasteiger partial charge in [-0.1, -0.05) is 0 Å². The number of imidazole rings is 1. The summed E-state index contributed by atoms with van der Waals surface area (Å²) in [6, 6.07) is -0.192. The first-order valence-electron chi connectivity index (χ1n) is 11.4. The Bertz CT molecular complexity index is 1240. The van der Waals surface area contributed by atoms with Crippen LogP contribution in [0.3, 0.4) is 0 Å². The normalized spacial score (nSPS) is 19.2. The maximum atomic E-state index is 13.8. The van der Waals surface area contributed by atoms with E-state index in [9.17, 15) is 18.0 Å². The van der Waals surface area contributed by atoms with Gasteiger partial charge in [0.15, 0.2) is 22.8 Å². The van der Waals surface area contributed by atoms with Crippen molar-refractivity contribution >= 4 is 35.3 Å². The van der Waals surface area contributed by atoms with Gasteiger partial charge in [0.25, 0.3) is 0 Å². The van der Waals surface area contributed by atoms with Crippen molar-refractivity contribution in [1.29, 1.82) is 0 Å². The molecule has 0 aliphatic carbocycles. The quantitative estimate of drug-likeness (QED) is 0.499. The highest BCUT2D eigenvalue weighted by atomic mass is 19.4. The van der Waals surface area contributed by atoms with E-state index < -0.39 is 12.7 Å². The van der Waals surface area contributed by atoms with Gasteiger partial charge >= 0.3 is 6.18 Å². The summed E-state index contributed by atoms with van der Waals surface area (Å²) in [6.07, 6.45) is -0.909. The fourth-order valence-electron chi connectivity index (χ4n) is 4.43. The number of halogens is 3. The summed E-state index contributed by atoms with van der Waals surface area (Å²) in [5, 5.41) is 0. The first kappa shape index (κ1) is 24.0. The van der Waals surface area contributed by atoms with Gasteiger partial charge in [0.1, 0.15) is 6.54 Å². The monoisotopic (exact) mass is 506 g/mol. The van der Waals surface area contributed by atoms with Gasteiger partial charge < -0.3 is 25.2 Å². The van der Waals surface area contributed by atoms with Gasteiger partial charge in [-0.3, -0.25) is 9.36 Å². The van der Waals surface area contributed by atoms with Gasteiger partial charge in [0, 0.05) is 51.2 Å². The van der Waals surface area contributed by atoms with Crippen molar-refractivity contribution in [3.8, 4) is 11.4 Å². The molecule has 5 heterocycles. The summed E-state index contributed by atoms with van der Waals surface area (Å²) >= 11 is 0. The molecule has 15 heteroatoms. The zero-order chi connectivity index (χ0) is 25.4. The molecule has 1 amide bonds. The lowest BCUT2D eigenvalue weighted by Gasteiger charge is -2.38. The summed E-state index contributed by atoms with van der Waals surface area (Å²) in [5.74, 6) is 0.769. The molecule has 0 saturated carbocycles. The highest BCUT2D eigenvalue weighted by molar-refractivity contribution is 5.88. The van der Waals surface area contributed by atoms with Gasteiger partial charge in [-0.05, 0) is 6.92 Å². The fourth-order valence-corrected chi connectivity index (χ4v) is 4.43. The van der Waals surface area contributed by atoms with E-state index in [1.54, 1.807) is 9.80 Å². The maximum Gasteiger partial charge on any atom is 0.406 e. The Morgan fingerprint density at radius 3 is 2.44 bits per heavy atom. The van der Waals surface area contributed by atoms with Gasteiger partial charge in [-0.25, -0.2) is 24.9 Å². The van der Waals surface area contributed by atoms with Crippen LogP contribution in [0.4, 0.5) is 30.9 Å². The number of fused-ring (bicyclic) bond motifs is 1. The number of morpholine rings is 1. The molecule has 0 bridgehead atoms. The lowest BCUT2D eigenvalue weighted by Crippen LogP contribution is -2.52. The summed E-state index contributed by atoms with van der Waals surface area (Å²) in [6.45, 7) is 3.51. The lowest BCUT2D eigenvalue weighted by atomic mass is 10.2. The third-order valence-electron chi connectivity index (χ3n) is 6.23. The molecule has 2 saturated heterocycles. The molecule has 36 heavy (non-hydrogen) atoms. The van der Waals surface area contributed by atoms with E-state index in [-0.39, 0.29) is 34.9 Å². The highest BCUT2D eigenvalue weighted by Gasteiger charge is 2.35. The van der Waals surface area contributed by atoms with E-state index in [2.05, 4.69) is 24.9 Å². The topological polar surface area (TPSA) is 131 Å². The zero-order valence-corrected chi connectivity index (χ0v) is 19.5. The molecule has 3 aromatic rings. The van der Waals surface area contributed by atoms with Crippen LogP contribution in [-0.2, 0) is 16.1 Å². The lowest BCUT2D eigenvalue weighted by molar-refractivity contribution is -0.139. The number of hydrogen-bond donors (Lipinski definition) is 1. The molecule has 2 fully saturated rings. The molecule has 5 rings (SSSR count). The summed E-state index contributed by atoms with van der Waals surface area (Å²) < 4.78 is 47.9. The summed E-state index contributed by atoms with van der Waals surface area (Å²) in [7, 11) is 0. The number of rotatable bonds is 5. The van der Waals surface area contributed by atoms with Crippen LogP contribution in [0, 0.1) is 0 Å². The van der Waals surface area contributed by atoms with Crippen LogP contribution in [0.15, 0.2) is 12.4 Å². The standard InChI is InChI=1S/C21H25F3N10O2/c1-13-10-32(2-3-33(13)12-35)20-28-15-17(31-4-6-36-7-5-31)29-16(14-8-26-19(25)27-9-14)30-18(15)34(20)11-21(22,23)24/h8-9,12-13H,2-7,10-11H2,1H3,(H2,25,26,27)/t13-/m1/s1. The molecule has 192 valence electrons.